The number of hydrogen-bond acceptors (Lipinski definition) is 7. The Bertz CT molecular complexity index is 1750. The molecule has 0 N–H and O–H groups in total. The molecule has 0 aliphatic carbocycles. The lowest BCUT2D eigenvalue weighted by atomic mass is 10.0. The second-order valence-electron chi connectivity index (χ2n) is 9.18. The number of anilines is 1. The van der Waals surface area contributed by atoms with Crippen LogP contribution in [0.15, 0.2) is 99.3 Å². The molecular weight excluding hydrogens is 551 g/mol. The van der Waals surface area contributed by atoms with E-state index < -0.39 is 10.0 Å². The fourth-order valence-electron chi connectivity index (χ4n) is 4.67. The van der Waals surface area contributed by atoms with Gasteiger partial charge in [0.15, 0.2) is 5.13 Å². The van der Waals surface area contributed by atoms with E-state index in [1.54, 1.807) is 41.1 Å². The number of amides is 1. The number of aromatic nitrogens is 1. The van der Waals surface area contributed by atoms with E-state index in [2.05, 4.69) is 6.07 Å². The van der Waals surface area contributed by atoms with Gasteiger partial charge in [-0.1, -0.05) is 35.6 Å². The van der Waals surface area contributed by atoms with Crippen LogP contribution in [0, 0.1) is 0 Å². The van der Waals surface area contributed by atoms with E-state index in [0.29, 0.717) is 36.0 Å². The van der Waals surface area contributed by atoms with Gasteiger partial charge in [-0.3, -0.25) is 9.69 Å². The molecule has 0 fully saturated rings. The quantitative estimate of drug-likeness (QED) is 0.215. The summed E-state index contributed by atoms with van der Waals surface area (Å²) < 4.78 is 34.8. The van der Waals surface area contributed by atoms with Crippen LogP contribution in [0.3, 0.4) is 0 Å². The van der Waals surface area contributed by atoms with Gasteiger partial charge < -0.3 is 4.42 Å². The van der Waals surface area contributed by atoms with Crippen molar-refractivity contribution >= 4 is 54.4 Å². The Kier molecular flexibility index (Phi) is 7.03. The monoisotopic (exact) mass is 575 g/mol. The van der Waals surface area contributed by atoms with Crippen molar-refractivity contribution in [3.8, 4) is 0 Å². The maximum Gasteiger partial charge on any atom is 0.260 e. The maximum absolute atomic E-state index is 13.8. The molecule has 1 aliphatic heterocycles. The van der Waals surface area contributed by atoms with Gasteiger partial charge in [0.25, 0.3) is 5.91 Å². The fraction of sp³-hybridized carbons (Fsp3) is 0.172. The molecule has 7 nitrogen and oxygen atoms in total. The molecule has 5 aromatic rings. The van der Waals surface area contributed by atoms with Gasteiger partial charge in [-0.15, -0.1) is 11.8 Å². The molecule has 0 saturated heterocycles. The normalized spacial score (nSPS) is 13.9. The number of sulfonamides is 1. The first-order valence-electron chi connectivity index (χ1n) is 12.4. The SMILES string of the molecule is CSc1ccc2nc(N(Cc3ccco3)C(=O)c3ccc(S(=O)(=O)N4CCc5ccccc5C4)cc3)sc2c1. The number of rotatable bonds is 7. The second kappa shape index (κ2) is 10.6. The summed E-state index contributed by atoms with van der Waals surface area (Å²) in [5, 5.41) is 0.549. The summed E-state index contributed by atoms with van der Waals surface area (Å²) in [4.78, 5) is 21.3. The van der Waals surface area contributed by atoms with E-state index in [0.717, 1.165) is 20.7 Å². The summed E-state index contributed by atoms with van der Waals surface area (Å²) in [7, 11) is -3.70. The number of furan rings is 1. The van der Waals surface area contributed by atoms with Crippen LogP contribution < -0.4 is 4.90 Å². The van der Waals surface area contributed by atoms with Gasteiger partial charge in [-0.2, -0.15) is 4.31 Å². The molecular formula is C29H25N3O4S3. The summed E-state index contributed by atoms with van der Waals surface area (Å²) >= 11 is 3.09. The van der Waals surface area contributed by atoms with Gasteiger partial charge in [-0.25, -0.2) is 13.4 Å². The molecule has 10 heteroatoms. The van der Waals surface area contributed by atoms with Gasteiger partial charge in [0, 0.05) is 23.5 Å². The van der Waals surface area contributed by atoms with E-state index in [4.69, 9.17) is 9.40 Å². The fourth-order valence-corrected chi connectivity index (χ4v) is 7.61. The van der Waals surface area contributed by atoms with E-state index in [1.807, 2.05) is 48.7 Å². The number of fused-ring (bicyclic) bond motifs is 2. The van der Waals surface area contributed by atoms with Crippen molar-refractivity contribution in [1.82, 2.24) is 9.29 Å². The van der Waals surface area contributed by atoms with Crippen molar-refractivity contribution < 1.29 is 17.6 Å². The van der Waals surface area contributed by atoms with Gasteiger partial charge >= 0.3 is 0 Å². The van der Waals surface area contributed by atoms with E-state index in [-0.39, 0.29) is 17.3 Å². The third-order valence-electron chi connectivity index (χ3n) is 6.79. The molecule has 39 heavy (non-hydrogen) atoms. The van der Waals surface area contributed by atoms with Crippen molar-refractivity contribution in [2.45, 2.75) is 29.3 Å². The van der Waals surface area contributed by atoms with E-state index in [1.165, 1.54) is 33.3 Å². The predicted molar refractivity (Wildman–Crippen MR) is 155 cm³/mol. The molecule has 0 radical (unpaired) electrons. The first-order chi connectivity index (χ1) is 18.9. The third-order valence-corrected chi connectivity index (χ3v) is 10.4. The van der Waals surface area contributed by atoms with Crippen LogP contribution in [0.2, 0.25) is 0 Å². The van der Waals surface area contributed by atoms with Crippen molar-refractivity contribution in [2.24, 2.45) is 0 Å². The highest BCUT2D eigenvalue weighted by atomic mass is 32.2. The molecule has 0 atom stereocenters. The zero-order valence-electron chi connectivity index (χ0n) is 21.1. The molecule has 2 aromatic heterocycles. The predicted octanol–water partition coefficient (Wildman–Crippen LogP) is 6.21. The standard InChI is InChI=1S/C29H25N3O4S3/c1-37-24-10-13-26-27(17-24)38-29(30-26)32(19-23-7-4-16-36-23)28(33)21-8-11-25(12-9-21)39(34,35)31-15-14-20-5-2-3-6-22(20)18-31/h2-13,16-17H,14-15,18-19H2,1H3. The lowest BCUT2D eigenvalue weighted by molar-refractivity contribution is 0.0983. The molecule has 3 aromatic carbocycles. The number of hydrogen-bond donors (Lipinski definition) is 0. The molecule has 0 bridgehead atoms. The topological polar surface area (TPSA) is 83.7 Å². The largest absolute Gasteiger partial charge is 0.467 e. The van der Waals surface area contributed by atoms with Crippen LogP contribution >= 0.6 is 23.1 Å². The molecule has 1 amide bonds. The van der Waals surface area contributed by atoms with Crippen molar-refractivity contribution in [3.05, 3.63) is 108 Å². The molecule has 0 saturated carbocycles. The number of nitrogens with zero attached hydrogens (tertiary/aromatic N) is 3. The lowest BCUT2D eigenvalue weighted by Crippen LogP contribution is -2.36. The average molecular weight is 576 g/mol. The first-order valence-corrected chi connectivity index (χ1v) is 15.9. The number of thiazole rings is 1. The van der Waals surface area contributed by atoms with Crippen LogP contribution in [-0.4, -0.2) is 36.4 Å². The minimum atomic E-state index is -3.70. The van der Waals surface area contributed by atoms with Crippen molar-refractivity contribution in [1.29, 1.82) is 0 Å². The summed E-state index contributed by atoms with van der Waals surface area (Å²) in [6.07, 6.45) is 4.26. The van der Waals surface area contributed by atoms with Gasteiger partial charge in [0.1, 0.15) is 5.76 Å². The Balaban J connectivity index is 1.28. The Morgan fingerprint density at radius 1 is 1.05 bits per heavy atom. The Labute approximate surface area is 235 Å². The van der Waals surface area contributed by atoms with Gasteiger partial charge in [0.2, 0.25) is 10.0 Å². The second-order valence-corrected chi connectivity index (χ2v) is 13.0. The Hall–Kier alpha value is -3.44. The number of carbonyl (C=O) groups is 1. The van der Waals surface area contributed by atoms with Crippen LogP contribution in [0.25, 0.3) is 10.2 Å². The molecule has 198 valence electrons. The molecule has 1 aliphatic rings. The first kappa shape index (κ1) is 25.8. The van der Waals surface area contributed by atoms with Crippen LogP contribution in [0.1, 0.15) is 27.2 Å². The molecule has 6 rings (SSSR count). The molecule has 3 heterocycles. The zero-order valence-corrected chi connectivity index (χ0v) is 23.6. The Morgan fingerprint density at radius 3 is 2.59 bits per heavy atom. The molecule has 0 spiro atoms. The lowest BCUT2D eigenvalue weighted by Gasteiger charge is -2.28. The molecule has 0 unspecified atom stereocenters. The van der Waals surface area contributed by atoms with Crippen LogP contribution in [-0.2, 0) is 29.5 Å². The highest BCUT2D eigenvalue weighted by molar-refractivity contribution is 7.98. The maximum atomic E-state index is 13.8. The average Bonchev–Trinajstić information content (AvgIpc) is 3.64. The Morgan fingerprint density at radius 2 is 1.85 bits per heavy atom. The third kappa shape index (κ3) is 5.12. The number of thioether (sulfide) groups is 1. The number of benzene rings is 3. The van der Waals surface area contributed by atoms with Gasteiger partial charge in [0.05, 0.1) is 27.9 Å². The summed E-state index contributed by atoms with van der Waals surface area (Å²) in [6, 6.07) is 23.7. The highest BCUT2D eigenvalue weighted by Crippen LogP contribution is 2.33. The van der Waals surface area contributed by atoms with Crippen LogP contribution in [0.4, 0.5) is 5.13 Å². The summed E-state index contributed by atoms with van der Waals surface area (Å²) in [5.74, 6) is 0.336. The van der Waals surface area contributed by atoms with Crippen molar-refractivity contribution in [2.75, 3.05) is 17.7 Å². The minimum absolute atomic E-state index is 0.167. The highest BCUT2D eigenvalue weighted by Gasteiger charge is 2.29. The minimum Gasteiger partial charge on any atom is -0.467 e. The summed E-state index contributed by atoms with van der Waals surface area (Å²) in [5.41, 5.74) is 3.39. The van der Waals surface area contributed by atoms with E-state index >= 15 is 0 Å². The van der Waals surface area contributed by atoms with Gasteiger partial charge in [-0.05, 0) is 78.4 Å². The smallest absolute Gasteiger partial charge is 0.260 e. The summed E-state index contributed by atoms with van der Waals surface area (Å²) in [6.45, 7) is 0.965. The van der Waals surface area contributed by atoms with Crippen molar-refractivity contribution in [3.63, 3.8) is 0 Å². The van der Waals surface area contributed by atoms with Crippen LogP contribution in [0.5, 0.6) is 0 Å². The zero-order chi connectivity index (χ0) is 27.0. The van der Waals surface area contributed by atoms with E-state index in [9.17, 15) is 13.2 Å². The number of carbonyl (C=O) groups excluding carboxylic acids is 1.